The average Bonchev–Trinajstić information content (AvgIpc) is 3.04. The molecule has 0 radical (unpaired) electrons. The van der Waals surface area contributed by atoms with Gasteiger partial charge in [-0.05, 0) is 19.3 Å². The molecule has 2 N–H and O–H groups in total. The van der Waals surface area contributed by atoms with Crippen molar-refractivity contribution in [3.63, 3.8) is 0 Å². The van der Waals surface area contributed by atoms with Crippen LogP contribution in [0.2, 0.25) is 0 Å². The zero-order valence-corrected chi connectivity index (χ0v) is 14.8. The molecule has 0 aromatic carbocycles. The van der Waals surface area contributed by atoms with Crippen LogP contribution in [0, 0.1) is 5.41 Å². The van der Waals surface area contributed by atoms with Gasteiger partial charge in [-0.3, -0.25) is 20.3 Å². The Balaban J connectivity index is 2.12. The maximum atomic E-state index is 12.5. The summed E-state index contributed by atoms with van der Waals surface area (Å²) < 4.78 is 33.9. The molecule has 2 aliphatic rings. The molecule has 25 heavy (non-hydrogen) atoms. The number of guanidine groups is 1. The Labute approximate surface area is 154 Å². The summed E-state index contributed by atoms with van der Waals surface area (Å²) in [5.41, 5.74) is -0.725. The maximum Gasteiger partial charge on any atom is 0.326 e. The summed E-state index contributed by atoms with van der Waals surface area (Å²) in [4.78, 5) is 25.1. The summed E-state index contributed by atoms with van der Waals surface area (Å²) in [5, 5.41) is 10.3. The van der Waals surface area contributed by atoms with Gasteiger partial charge in [-0.25, -0.2) is 0 Å². The lowest BCUT2D eigenvalue weighted by molar-refractivity contribution is -0.161. The predicted octanol–water partition coefficient (Wildman–Crippen LogP) is 2.20. The molecule has 2 aliphatic heterocycles. The number of ether oxygens (including phenoxy) is 2. The van der Waals surface area contributed by atoms with Crippen molar-refractivity contribution in [1.29, 1.82) is 5.41 Å². The van der Waals surface area contributed by atoms with E-state index in [0.29, 0.717) is 37.4 Å². The van der Waals surface area contributed by atoms with Gasteiger partial charge in [-0.2, -0.15) is 0 Å². The van der Waals surface area contributed by atoms with Gasteiger partial charge in [0.2, 0.25) is 5.91 Å². The fourth-order valence-electron chi connectivity index (χ4n) is 3.28. The third-order valence-corrected chi connectivity index (χ3v) is 4.75. The van der Waals surface area contributed by atoms with Crippen LogP contribution in [0.4, 0.5) is 0 Å². The van der Waals surface area contributed by atoms with Gasteiger partial charge in [0.15, 0.2) is 5.96 Å². The third kappa shape index (κ3) is 6.65. The minimum atomic E-state index is -2.74. The Bertz CT molecular complexity index is 563. The molecular weight excluding hydrogens is 322 g/mol. The quantitative estimate of drug-likeness (QED) is 0.649. The third-order valence-electron chi connectivity index (χ3n) is 4.75. The first-order valence-electron chi connectivity index (χ1n) is 10.7. The second-order valence-corrected chi connectivity index (χ2v) is 6.92. The number of carbonyl (C=O) groups excluding carboxylic acids is 2. The minimum absolute atomic E-state index is 0.224. The molecule has 2 saturated heterocycles. The van der Waals surface area contributed by atoms with Gasteiger partial charge in [-0.1, -0.05) is 32.1 Å². The summed E-state index contributed by atoms with van der Waals surface area (Å²) >= 11 is 0. The molecule has 0 bridgehead atoms. The lowest BCUT2D eigenvalue weighted by Gasteiger charge is -2.29. The number of likely N-dealkylation sites (N-methyl/N-ethyl adjacent to an activating group) is 1. The minimum Gasteiger partial charge on any atom is -0.455 e. The highest BCUT2D eigenvalue weighted by molar-refractivity contribution is 5.96. The van der Waals surface area contributed by atoms with Crippen molar-refractivity contribution in [2.45, 2.75) is 69.8 Å². The van der Waals surface area contributed by atoms with Gasteiger partial charge in [0.1, 0.15) is 12.1 Å². The normalized spacial score (nSPS) is 30.8. The van der Waals surface area contributed by atoms with Gasteiger partial charge in [0.05, 0.1) is 13.2 Å². The van der Waals surface area contributed by atoms with Crippen LogP contribution < -0.4 is 5.32 Å². The Morgan fingerprint density at radius 1 is 1.12 bits per heavy atom. The number of hydrogen-bond acceptors (Lipinski definition) is 5. The predicted molar refractivity (Wildman–Crippen MR) is 94.3 cm³/mol. The van der Waals surface area contributed by atoms with Crippen LogP contribution in [0.15, 0.2) is 0 Å². The molecule has 2 fully saturated rings. The molecule has 1 amide bonds. The number of hydrogen-bond donors (Lipinski definition) is 2. The van der Waals surface area contributed by atoms with Crippen LogP contribution in [0.3, 0.4) is 0 Å². The molecule has 0 aromatic heterocycles. The van der Waals surface area contributed by atoms with E-state index in [9.17, 15) is 9.59 Å². The molecule has 7 nitrogen and oxygen atoms in total. The van der Waals surface area contributed by atoms with Crippen molar-refractivity contribution in [1.82, 2.24) is 10.2 Å². The number of esters is 1. The number of amides is 1. The molecule has 0 aromatic rings. The molecule has 0 aliphatic carbocycles. The van der Waals surface area contributed by atoms with Gasteiger partial charge in [-0.15, -0.1) is 0 Å². The zero-order valence-electron chi connectivity index (χ0n) is 17.8. The zero-order chi connectivity index (χ0) is 20.6. The number of rotatable bonds is 0. The second-order valence-electron chi connectivity index (χ2n) is 6.92. The van der Waals surface area contributed by atoms with E-state index in [0.717, 1.165) is 38.5 Å². The number of carbonyl (C=O) groups is 2. The highest BCUT2D eigenvalue weighted by Gasteiger charge is 2.38. The smallest absolute Gasteiger partial charge is 0.326 e. The molecule has 1 spiro atoms. The van der Waals surface area contributed by atoms with E-state index < -0.39 is 37.0 Å². The maximum absolute atomic E-state index is 12.5. The van der Waals surface area contributed by atoms with E-state index in [1.165, 1.54) is 0 Å². The van der Waals surface area contributed by atoms with Gasteiger partial charge >= 0.3 is 5.97 Å². The summed E-state index contributed by atoms with van der Waals surface area (Å²) in [7, 11) is 0. The average molecular weight is 356 g/mol. The first-order valence-corrected chi connectivity index (χ1v) is 9.18. The summed E-state index contributed by atoms with van der Waals surface area (Å²) in [5.74, 6) is -1.76. The van der Waals surface area contributed by atoms with Gasteiger partial charge < -0.3 is 14.4 Å². The molecule has 2 rings (SSSR count). The van der Waals surface area contributed by atoms with Crippen molar-refractivity contribution in [2.24, 2.45) is 0 Å². The van der Waals surface area contributed by atoms with Crippen LogP contribution in [0.25, 0.3) is 0 Å². The van der Waals surface area contributed by atoms with Crippen LogP contribution in [0.5, 0.6) is 0 Å². The fraction of sp³-hybridized carbons (Fsp3) is 0.833. The molecule has 1 unspecified atom stereocenters. The molecule has 2 heterocycles. The van der Waals surface area contributed by atoms with E-state index in [1.54, 1.807) is 0 Å². The molecule has 0 saturated carbocycles. The van der Waals surface area contributed by atoms with Crippen LogP contribution in [0.1, 0.15) is 68.3 Å². The Kier molecular flexibility index (Phi) is 6.09. The summed E-state index contributed by atoms with van der Waals surface area (Å²) in [6, 6.07) is 0. The van der Waals surface area contributed by atoms with Crippen molar-refractivity contribution < 1.29 is 23.2 Å². The largest absolute Gasteiger partial charge is 0.455 e. The lowest BCUT2D eigenvalue weighted by atomic mass is 9.94. The number of nitrogens with one attached hydrogen (secondary N) is 2. The monoisotopic (exact) mass is 356 g/mol. The molecule has 7 heteroatoms. The van der Waals surface area contributed by atoms with Crippen LogP contribution in [-0.4, -0.2) is 55.1 Å². The van der Waals surface area contributed by atoms with E-state index in [2.05, 4.69) is 5.32 Å². The Morgan fingerprint density at radius 2 is 1.84 bits per heavy atom. The summed E-state index contributed by atoms with van der Waals surface area (Å²) in [6.07, 6.45) is 8.26. The van der Waals surface area contributed by atoms with Crippen molar-refractivity contribution in [3.05, 3.63) is 0 Å². The fourth-order valence-corrected chi connectivity index (χ4v) is 3.28. The highest BCUT2D eigenvalue weighted by Crippen LogP contribution is 2.30. The lowest BCUT2D eigenvalue weighted by Crippen LogP contribution is -2.45. The first-order chi connectivity index (χ1) is 13.2. The molecule has 1 atom stereocenters. The van der Waals surface area contributed by atoms with Gasteiger partial charge in [0, 0.05) is 23.9 Å². The Morgan fingerprint density at radius 3 is 2.52 bits per heavy atom. The van der Waals surface area contributed by atoms with E-state index >= 15 is 0 Å². The highest BCUT2D eigenvalue weighted by atomic mass is 16.6. The van der Waals surface area contributed by atoms with E-state index in [1.807, 2.05) is 0 Å². The van der Waals surface area contributed by atoms with E-state index in [4.69, 9.17) is 19.0 Å². The van der Waals surface area contributed by atoms with E-state index in [-0.39, 0.29) is 6.42 Å². The van der Waals surface area contributed by atoms with Crippen LogP contribution >= 0.6 is 0 Å². The van der Waals surface area contributed by atoms with Crippen molar-refractivity contribution in [2.75, 3.05) is 26.7 Å². The number of nitrogens with zero attached hydrogens (tertiary/aromatic N) is 1. The van der Waals surface area contributed by atoms with Crippen LogP contribution in [-0.2, 0) is 19.1 Å². The second kappa shape index (κ2) is 9.75. The summed E-state index contributed by atoms with van der Waals surface area (Å²) in [6.45, 7) is -2.56. The molecular formula is C18H31N3O4. The van der Waals surface area contributed by atoms with Gasteiger partial charge in [0.25, 0.3) is 0 Å². The van der Waals surface area contributed by atoms with Crippen molar-refractivity contribution in [3.8, 4) is 0 Å². The molecule has 142 valence electrons. The SMILES string of the molecule is [2H]C([2H])([2H])N1CC(=O)OC2(CCCCCCCCCC(=O)NC1=N)CCOC2. The topological polar surface area (TPSA) is 91.7 Å². The first kappa shape index (κ1) is 15.6. The van der Waals surface area contributed by atoms with Crippen molar-refractivity contribution >= 4 is 17.8 Å². The Hall–Kier alpha value is -1.63. The standard InChI is InChI=1S/C18H31N3O4/c1-21-13-16(23)25-18(11-12-24-14-18)10-8-6-4-2-3-5-7-9-15(22)20-17(21)19/h2-14H2,1H3,(H2,19,20,22)/i1D3.